The maximum Gasteiger partial charge on any atom is 0.234 e. The van der Waals surface area contributed by atoms with Gasteiger partial charge in [-0.2, -0.15) is 0 Å². The minimum Gasteiger partial charge on any atom is -0.357 e. The molecular formula is C22H24N2O2S. The fourth-order valence-electron chi connectivity index (χ4n) is 3.07. The summed E-state index contributed by atoms with van der Waals surface area (Å²) in [6.07, 6.45) is 0.979. The van der Waals surface area contributed by atoms with Crippen molar-refractivity contribution in [2.45, 2.75) is 32.9 Å². The lowest BCUT2D eigenvalue weighted by Crippen LogP contribution is -2.14. The van der Waals surface area contributed by atoms with Crippen LogP contribution in [0.5, 0.6) is 0 Å². The molecule has 0 radical (unpaired) electrons. The monoisotopic (exact) mass is 380 g/mol. The van der Waals surface area contributed by atoms with E-state index in [1.807, 2.05) is 50.2 Å². The zero-order valence-electron chi connectivity index (χ0n) is 15.9. The number of carbonyl (C=O) groups excluding carboxylic acids is 1. The standard InChI is InChI=1S/C22H24N2O2S/c1-4-16-7-9-17(10-8-16)23-20(26)13-27-12-18-11-19(25)21-14(2)5-6-15(3)22(21)24-18/h5-11H,4,12-13H2,1-3H3,(H,23,26)(H,24,25). The summed E-state index contributed by atoms with van der Waals surface area (Å²) < 4.78 is 0. The molecule has 0 spiro atoms. The van der Waals surface area contributed by atoms with Gasteiger partial charge in [0.15, 0.2) is 5.43 Å². The molecule has 0 unspecified atom stereocenters. The van der Waals surface area contributed by atoms with Crippen LogP contribution in [0.25, 0.3) is 10.9 Å². The molecule has 0 atom stereocenters. The number of carbonyl (C=O) groups is 1. The number of nitrogens with one attached hydrogen (secondary N) is 2. The van der Waals surface area contributed by atoms with Crippen molar-refractivity contribution in [2.75, 3.05) is 11.1 Å². The molecule has 3 rings (SSSR count). The number of aryl methyl sites for hydroxylation is 3. The van der Waals surface area contributed by atoms with Crippen molar-refractivity contribution in [3.8, 4) is 0 Å². The van der Waals surface area contributed by atoms with Crippen LogP contribution in [-0.4, -0.2) is 16.6 Å². The molecule has 0 bridgehead atoms. The Labute approximate surface area is 163 Å². The largest absolute Gasteiger partial charge is 0.357 e. The molecule has 0 fully saturated rings. The lowest BCUT2D eigenvalue weighted by Gasteiger charge is -2.09. The molecule has 0 aliphatic rings. The van der Waals surface area contributed by atoms with Crippen molar-refractivity contribution in [1.82, 2.24) is 4.98 Å². The lowest BCUT2D eigenvalue weighted by molar-refractivity contribution is -0.113. The Balaban J connectivity index is 1.62. The number of thioether (sulfide) groups is 1. The van der Waals surface area contributed by atoms with Crippen molar-refractivity contribution in [3.63, 3.8) is 0 Å². The zero-order chi connectivity index (χ0) is 19.4. The summed E-state index contributed by atoms with van der Waals surface area (Å²) in [5.74, 6) is 0.878. The van der Waals surface area contributed by atoms with Crippen LogP contribution in [-0.2, 0) is 17.0 Å². The maximum atomic E-state index is 12.5. The SMILES string of the molecule is CCc1ccc(NC(=O)CSCc2cc(=O)c3c(C)ccc(C)c3[nH]2)cc1. The van der Waals surface area contributed by atoms with Crippen molar-refractivity contribution in [1.29, 1.82) is 0 Å². The fourth-order valence-corrected chi connectivity index (χ4v) is 3.80. The first kappa shape index (κ1) is 19.2. The zero-order valence-corrected chi connectivity index (χ0v) is 16.7. The Morgan fingerprint density at radius 2 is 1.78 bits per heavy atom. The van der Waals surface area contributed by atoms with Gasteiger partial charge in [-0.25, -0.2) is 0 Å². The number of pyridine rings is 1. The van der Waals surface area contributed by atoms with Gasteiger partial charge in [0.2, 0.25) is 5.91 Å². The van der Waals surface area contributed by atoms with Crippen molar-refractivity contribution >= 4 is 34.3 Å². The first-order chi connectivity index (χ1) is 13.0. The number of H-pyrrole nitrogens is 1. The van der Waals surface area contributed by atoms with Gasteiger partial charge >= 0.3 is 0 Å². The van der Waals surface area contributed by atoms with E-state index < -0.39 is 0 Å². The second kappa shape index (κ2) is 8.44. The average molecular weight is 381 g/mol. The fraction of sp³-hybridized carbons (Fsp3) is 0.273. The smallest absolute Gasteiger partial charge is 0.234 e. The summed E-state index contributed by atoms with van der Waals surface area (Å²) in [4.78, 5) is 27.9. The number of anilines is 1. The molecule has 2 aromatic carbocycles. The van der Waals surface area contributed by atoms with Crippen LogP contribution in [0.3, 0.4) is 0 Å². The summed E-state index contributed by atoms with van der Waals surface area (Å²) >= 11 is 1.49. The molecule has 3 aromatic rings. The van der Waals surface area contributed by atoms with Crippen molar-refractivity contribution in [2.24, 2.45) is 0 Å². The molecule has 0 aliphatic carbocycles. The second-order valence-corrected chi connectivity index (χ2v) is 7.69. The summed E-state index contributed by atoms with van der Waals surface area (Å²) in [7, 11) is 0. The average Bonchev–Trinajstić information content (AvgIpc) is 2.65. The first-order valence-electron chi connectivity index (χ1n) is 9.06. The van der Waals surface area contributed by atoms with Crippen molar-refractivity contribution < 1.29 is 4.79 Å². The molecule has 0 saturated heterocycles. The normalized spacial score (nSPS) is 10.9. The number of aromatic amines is 1. The van der Waals surface area contributed by atoms with E-state index in [4.69, 9.17) is 0 Å². The Bertz CT molecular complexity index is 1020. The summed E-state index contributed by atoms with van der Waals surface area (Å²) in [5.41, 5.74) is 5.83. The Kier molecular flexibility index (Phi) is 6.01. The van der Waals surface area contributed by atoms with Crippen LogP contribution in [0.4, 0.5) is 5.69 Å². The van der Waals surface area contributed by atoms with Crippen LogP contribution in [0.15, 0.2) is 47.3 Å². The maximum absolute atomic E-state index is 12.5. The lowest BCUT2D eigenvalue weighted by atomic mass is 10.0. The van der Waals surface area contributed by atoms with E-state index in [1.165, 1.54) is 17.3 Å². The molecule has 0 aliphatic heterocycles. The van der Waals surface area contributed by atoms with E-state index in [0.29, 0.717) is 11.5 Å². The van der Waals surface area contributed by atoms with E-state index in [1.54, 1.807) is 6.07 Å². The summed E-state index contributed by atoms with van der Waals surface area (Å²) in [5, 5.41) is 3.65. The van der Waals surface area contributed by atoms with Gasteiger partial charge in [0.25, 0.3) is 0 Å². The highest BCUT2D eigenvalue weighted by Crippen LogP contribution is 2.19. The van der Waals surface area contributed by atoms with Crippen LogP contribution >= 0.6 is 11.8 Å². The molecule has 2 N–H and O–H groups in total. The van der Waals surface area contributed by atoms with Gasteiger partial charge in [-0.1, -0.05) is 31.2 Å². The molecule has 0 saturated carbocycles. The van der Waals surface area contributed by atoms with E-state index in [0.717, 1.165) is 39.8 Å². The first-order valence-corrected chi connectivity index (χ1v) is 10.2. The van der Waals surface area contributed by atoms with Gasteiger partial charge < -0.3 is 10.3 Å². The van der Waals surface area contributed by atoms with Crippen molar-refractivity contribution in [3.05, 3.63) is 75.1 Å². The molecule has 1 heterocycles. The molecule has 1 amide bonds. The van der Waals surface area contributed by atoms with Gasteiger partial charge in [0.1, 0.15) is 0 Å². The highest BCUT2D eigenvalue weighted by molar-refractivity contribution is 7.99. The van der Waals surface area contributed by atoms with Crippen LogP contribution in [0.2, 0.25) is 0 Å². The Morgan fingerprint density at radius 3 is 2.48 bits per heavy atom. The van der Waals surface area contributed by atoms with Crippen LogP contribution in [0, 0.1) is 13.8 Å². The van der Waals surface area contributed by atoms with Gasteiger partial charge in [0, 0.05) is 28.6 Å². The number of fused-ring (bicyclic) bond motifs is 1. The summed E-state index contributed by atoms with van der Waals surface area (Å²) in [6, 6.07) is 13.5. The number of hydrogen-bond acceptors (Lipinski definition) is 3. The highest BCUT2D eigenvalue weighted by atomic mass is 32.2. The van der Waals surface area contributed by atoms with E-state index in [2.05, 4.69) is 17.2 Å². The minimum atomic E-state index is -0.0422. The molecule has 4 nitrogen and oxygen atoms in total. The van der Waals surface area contributed by atoms with Gasteiger partial charge in [-0.15, -0.1) is 11.8 Å². The van der Waals surface area contributed by atoms with E-state index in [9.17, 15) is 9.59 Å². The number of hydrogen-bond donors (Lipinski definition) is 2. The Morgan fingerprint density at radius 1 is 1.07 bits per heavy atom. The molecule has 1 aromatic heterocycles. The third-order valence-electron chi connectivity index (χ3n) is 4.60. The number of rotatable bonds is 6. The molecular weight excluding hydrogens is 356 g/mol. The third-order valence-corrected chi connectivity index (χ3v) is 5.58. The quantitative estimate of drug-likeness (QED) is 0.658. The molecule has 5 heteroatoms. The molecule has 140 valence electrons. The van der Waals surface area contributed by atoms with Crippen LogP contribution < -0.4 is 10.7 Å². The predicted octanol–water partition coefficient (Wildman–Crippen LogP) is 4.58. The van der Waals surface area contributed by atoms with E-state index >= 15 is 0 Å². The molecule has 27 heavy (non-hydrogen) atoms. The second-order valence-electron chi connectivity index (χ2n) is 6.70. The number of amides is 1. The third kappa shape index (κ3) is 4.61. The number of benzene rings is 2. The van der Waals surface area contributed by atoms with Crippen LogP contribution in [0.1, 0.15) is 29.3 Å². The highest BCUT2D eigenvalue weighted by Gasteiger charge is 2.08. The van der Waals surface area contributed by atoms with Gasteiger partial charge in [-0.3, -0.25) is 9.59 Å². The van der Waals surface area contributed by atoms with Gasteiger partial charge in [-0.05, 0) is 49.1 Å². The predicted molar refractivity (Wildman–Crippen MR) is 115 cm³/mol. The topological polar surface area (TPSA) is 62.0 Å². The van der Waals surface area contributed by atoms with E-state index in [-0.39, 0.29) is 11.3 Å². The van der Waals surface area contributed by atoms with Gasteiger partial charge in [0.05, 0.1) is 11.3 Å². The summed E-state index contributed by atoms with van der Waals surface area (Å²) in [6.45, 7) is 6.04. The Hall–Kier alpha value is -2.53. The number of aromatic nitrogens is 1. The minimum absolute atomic E-state index is 0.0287.